The molecule has 0 aliphatic rings. The molecule has 5 heteroatoms. The van der Waals surface area contributed by atoms with Gasteiger partial charge >= 0.3 is 0 Å². The lowest BCUT2D eigenvalue weighted by atomic mass is 10.1. The average molecular weight is 352 g/mol. The molecule has 25 heavy (non-hydrogen) atoms. The van der Waals surface area contributed by atoms with Gasteiger partial charge in [-0.15, -0.1) is 0 Å². The van der Waals surface area contributed by atoms with Gasteiger partial charge in [-0.1, -0.05) is 41.9 Å². The van der Waals surface area contributed by atoms with Crippen LogP contribution in [-0.4, -0.2) is 10.9 Å². The number of hydrogen-bond donors (Lipinski definition) is 2. The van der Waals surface area contributed by atoms with E-state index in [9.17, 15) is 4.79 Å². The van der Waals surface area contributed by atoms with Gasteiger partial charge in [-0.25, -0.2) is 4.98 Å². The number of aromatic nitrogens is 1. The molecule has 4 nitrogen and oxygen atoms in total. The number of carbonyl (C=O) groups is 1. The normalized spacial score (nSPS) is 10.3. The van der Waals surface area contributed by atoms with E-state index in [0.29, 0.717) is 22.9 Å². The molecule has 0 bridgehead atoms. The lowest BCUT2D eigenvalue weighted by molar-refractivity contribution is 0.102. The summed E-state index contributed by atoms with van der Waals surface area (Å²) < 4.78 is 0. The minimum atomic E-state index is -0.271. The molecule has 0 saturated heterocycles. The standard InChI is InChI=1S/C20H18ClN3O/c1-14-5-2-3-6-15(14)12-22-18-9-10-19(23-13-18)20(25)24-17-8-4-7-16(21)11-17/h2-11,13,22H,12H2,1H3,(H,24,25). The second-order valence-electron chi connectivity index (χ2n) is 5.68. The van der Waals surface area contributed by atoms with E-state index in [-0.39, 0.29) is 5.91 Å². The van der Waals surface area contributed by atoms with Crippen molar-refractivity contribution in [2.45, 2.75) is 13.5 Å². The maximum atomic E-state index is 12.2. The van der Waals surface area contributed by atoms with Gasteiger partial charge < -0.3 is 10.6 Å². The first-order valence-electron chi connectivity index (χ1n) is 7.93. The number of aryl methyl sites for hydroxylation is 1. The highest BCUT2D eigenvalue weighted by Gasteiger charge is 2.08. The highest BCUT2D eigenvalue weighted by Crippen LogP contribution is 2.16. The van der Waals surface area contributed by atoms with Crippen molar-refractivity contribution in [3.63, 3.8) is 0 Å². The molecule has 0 atom stereocenters. The number of rotatable bonds is 5. The maximum absolute atomic E-state index is 12.2. The van der Waals surface area contributed by atoms with Gasteiger partial charge in [-0.05, 0) is 48.4 Å². The van der Waals surface area contributed by atoms with Crippen LogP contribution in [-0.2, 0) is 6.54 Å². The smallest absolute Gasteiger partial charge is 0.274 e. The Labute approximate surface area is 151 Å². The molecule has 0 aliphatic heterocycles. The molecule has 2 N–H and O–H groups in total. The molecule has 3 aromatic rings. The van der Waals surface area contributed by atoms with E-state index >= 15 is 0 Å². The highest BCUT2D eigenvalue weighted by atomic mass is 35.5. The zero-order chi connectivity index (χ0) is 17.6. The van der Waals surface area contributed by atoms with Crippen molar-refractivity contribution < 1.29 is 4.79 Å². The summed E-state index contributed by atoms with van der Waals surface area (Å²) >= 11 is 5.92. The summed E-state index contributed by atoms with van der Waals surface area (Å²) in [5.41, 5.74) is 4.32. The summed E-state index contributed by atoms with van der Waals surface area (Å²) in [6, 6.07) is 18.8. The van der Waals surface area contributed by atoms with E-state index in [1.165, 1.54) is 11.1 Å². The molecule has 3 rings (SSSR count). The Hall–Kier alpha value is -2.85. The number of benzene rings is 2. The largest absolute Gasteiger partial charge is 0.380 e. The van der Waals surface area contributed by atoms with Crippen molar-refractivity contribution in [1.82, 2.24) is 4.98 Å². The van der Waals surface area contributed by atoms with E-state index in [1.807, 2.05) is 18.2 Å². The van der Waals surface area contributed by atoms with E-state index in [0.717, 1.165) is 5.69 Å². The van der Waals surface area contributed by atoms with E-state index in [4.69, 9.17) is 11.6 Å². The Morgan fingerprint density at radius 3 is 2.60 bits per heavy atom. The Kier molecular flexibility index (Phi) is 5.31. The summed E-state index contributed by atoms with van der Waals surface area (Å²) in [5.74, 6) is -0.271. The van der Waals surface area contributed by atoms with Crippen LogP contribution in [0.15, 0.2) is 66.9 Å². The number of carbonyl (C=O) groups excluding carboxylic acids is 1. The van der Waals surface area contributed by atoms with Crippen LogP contribution < -0.4 is 10.6 Å². The molecule has 0 radical (unpaired) electrons. The van der Waals surface area contributed by atoms with Crippen LogP contribution in [0.3, 0.4) is 0 Å². The quantitative estimate of drug-likeness (QED) is 0.686. The van der Waals surface area contributed by atoms with Gasteiger partial charge in [0.15, 0.2) is 0 Å². The molecule has 0 aliphatic carbocycles. The van der Waals surface area contributed by atoms with Crippen molar-refractivity contribution in [2.75, 3.05) is 10.6 Å². The number of nitrogens with zero attached hydrogens (tertiary/aromatic N) is 1. The molecular formula is C20H18ClN3O. The number of hydrogen-bond acceptors (Lipinski definition) is 3. The molecule has 126 valence electrons. The lowest BCUT2D eigenvalue weighted by Gasteiger charge is -2.09. The topological polar surface area (TPSA) is 54.0 Å². The van der Waals surface area contributed by atoms with Gasteiger partial charge in [-0.2, -0.15) is 0 Å². The summed E-state index contributed by atoms with van der Waals surface area (Å²) in [6.45, 7) is 2.79. The van der Waals surface area contributed by atoms with Gasteiger partial charge in [0, 0.05) is 17.3 Å². The van der Waals surface area contributed by atoms with Crippen LogP contribution in [0.4, 0.5) is 11.4 Å². The summed E-state index contributed by atoms with van der Waals surface area (Å²) in [6.07, 6.45) is 1.66. The first-order valence-corrected chi connectivity index (χ1v) is 8.31. The zero-order valence-corrected chi connectivity index (χ0v) is 14.5. The Bertz CT molecular complexity index is 878. The van der Waals surface area contributed by atoms with Crippen molar-refractivity contribution >= 4 is 28.9 Å². The molecule has 1 amide bonds. The van der Waals surface area contributed by atoms with Crippen LogP contribution in [0.25, 0.3) is 0 Å². The molecule has 0 fully saturated rings. The number of amides is 1. The molecule has 1 aromatic heterocycles. The minimum Gasteiger partial charge on any atom is -0.380 e. The SMILES string of the molecule is Cc1ccccc1CNc1ccc(C(=O)Nc2cccc(Cl)c2)nc1. The fraction of sp³-hybridized carbons (Fsp3) is 0.100. The number of halogens is 1. The number of nitrogens with one attached hydrogen (secondary N) is 2. The van der Waals surface area contributed by atoms with Crippen LogP contribution in [0, 0.1) is 6.92 Å². The van der Waals surface area contributed by atoms with Gasteiger partial charge in [-0.3, -0.25) is 4.79 Å². The van der Waals surface area contributed by atoms with Gasteiger partial charge in [0.25, 0.3) is 5.91 Å². The van der Waals surface area contributed by atoms with E-state index in [2.05, 4.69) is 34.7 Å². The second-order valence-corrected chi connectivity index (χ2v) is 6.11. The minimum absolute atomic E-state index is 0.271. The fourth-order valence-corrected chi connectivity index (χ4v) is 2.59. The summed E-state index contributed by atoms with van der Waals surface area (Å²) in [5, 5.41) is 6.66. The molecule has 0 spiro atoms. The molecule has 1 heterocycles. The van der Waals surface area contributed by atoms with Gasteiger partial charge in [0.2, 0.25) is 0 Å². The highest BCUT2D eigenvalue weighted by molar-refractivity contribution is 6.30. The predicted octanol–water partition coefficient (Wildman–Crippen LogP) is 4.91. The van der Waals surface area contributed by atoms with Gasteiger partial charge in [0.05, 0.1) is 11.9 Å². The number of anilines is 2. The maximum Gasteiger partial charge on any atom is 0.274 e. The van der Waals surface area contributed by atoms with Crippen LogP contribution >= 0.6 is 11.6 Å². The third kappa shape index (κ3) is 4.58. The Balaban J connectivity index is 1.61. The van der Waals surface area contributed by atoms with Crippen molar-refractivity contribution in [3.8, 4) is 0 Å². The lowest BCUT2D eigenvalue weighted by Crippen LogP contribution is -2.13. The Morgan fingerprint density at radius 2 is 1.88 bits per heavy atom. The predicted molar refractivity (Wildman–Crippen MR) is 102 cm³/mol. The summed E-state index contributed by atoms with van der Waals surface area (Å²) in [7, 11) is 0. The van der Waals surface area contributed by atoms with Crippen molar-refractivity contribution in [1.29, 1.82) is 0 Å². The van der Waals surface area contributed by atoms with Crippen LogP contribution in [0.1, 0.15) is 21.6 Å². The average Bonchev–Trinajstić information content (AvgIpc) is 2.61. The zero-order valence-electron chi connectivity index (χ0n) is 13.8. The van der Waals surface area contributed by atoms with Gasteiger partial charge in [0.1, 0.15) is 5.69 Å². The molecule has 2 aromatic carbocycles. The second kappa shape index (κ2) is 7.81. The van der Waals surface area contributed by atoms with E-state index < -0.39 is 0 Å². The monoisotopic (exact) mass is 351 g/mol. The Morgan fingerprint density at radius 1 is 1.04 bits per heavy atom. The van der Waals surface area contributed by atoms with Crippen LogP contribution in [0.2, 0.25) is 5.02 Å². The van der Waals surface area contributed by atoms with E-state index in [1.54, 1.807) is 36.5 Å². The molecule has 0 saturated carbocycles. The van der Waals surface area contributed by atoms with Crippen LogP contribution in [0.5, 0.6) is 0 Å². The first kappa shape index (κ1) is 17.0. The summed E-state index contributed by atoms with van der Waals surface area (Å²) in [4.78, 5) is 16.4. The third-order valence-corrected chi connectivity index (χ3v) is 4.06. The third-order valence-electron chi connectivity index (χ3n) is 3.82. The fourth-order valence-electron chi connectivity index (χ4n) is 2.40. The van der Waals surface area contributed by atoms with Crippen molar-refractivity contribution in [3.05, 3.63) is 88.7 Å². The molecule has 0 unspecified atom stereocenters. The number of pyridine rings is 1. The first-order chi connectivity index (χ1) is 12.1. The molecular weight excluding hydrogens is 334 g/mol. The van der Waals surface area contributed by atoms with Crippen molar-refractivity contribution in [2.24, 2.45) is 0 Å².